The Labute approximate surface area is 153 Å². The van der Waals surface area contributed by atoms with Crippen LogP contribution in [0.1, 0.15) is 31.0 Å². The lowest BCUT2D eigenvalue weighted by Crippen LogP contribution is -2.51. The van der Waals surface area contributed by atoms with Crippen molar-refractivity contribution in [3.8, 4) is 5.75 Å². The van der Waals surface area contributed by atoms with Crippen molar-refractivity contribution in [2.45, 2.75) is 26.3 Å². The second kappa shape index (κ2) is 6.99. The quantitative estimate of drug-likeness (QED) is 0.906. The lowest BCUT2D eigenvalue weighted by Gasteiger charge is -2.38. The molecule has 7 heteroatoms. The molecule has 0 saturated carbocycles. The van der Waals surface area contributed by atoms with Gasteiger partial charge in [0.2, 0.25) is 5.91 Å². The predicted molar refractivity (Wildman–Crippen MR) is 100 cm³/mol. The molecule has 0 radical (unpaired) electrons. The normalized spacial score (nSPS) is 18.3. The molecule has 0 aliphatic carbocycles. The van der Waals surface area contributed by atoms with Crippen LogP contribution in [0.5, 0.6) is 5.75 Å². The Morgan fingerprint density at radius 2 is 2.08 bits per heavy atom. The molecular weight excluding hydrogens is 330 g/mol. The van der Waals surface area contributed by atoms with Crippen molar-refractivity contribution in [2.24, 2.45) is 0 Å². The summed E-state index contributed by atoms with van der Waals surface area (Å²) < 4.78 is 5.71. The Kier molecular flexibility index (Phi) is 4.55. The van der Waals surface area contributed by atoms with Gasteiger partial charge < -0.3 is 10.1 Å². The maximum absolute atomic E-state index is 11.1. The summed E-state index contributed by atoms with van der Waals surface area (Å²) in [6, 6.07) is 7.00. The molecule has 1 aromatic heterocycles. The molecule has 26 heavy (non-hydrogen) atoms. The Morgan fingerprint density at radius 3 is 2.85 bits per heavy atom. The number of carbonyl (C=O) groups is 1. The lowest BCUT2D eigenvalue weighted by molar-refractivity contribution is -0.114. The molecule has 1 fully saturated rings. The summed E-state index contributed by atoms with van der Waals surface area (Å²) in [4.78, 5) is 15.5. The smallest absolute Gasteiger partial charge is 0.221 e. The van der Waals surface area contributed by atoms with Crippen LogP contribution in [0.4, 0.5) is 5.69 Å². The molecule has 1 amide bonds. The van der Waals surface area contributed by atoms with E-state index in [4.69, 9.17) is 4.74 Å². The van der Waals surface area contributed by atoms with E-state index < -0.39 is 0 Å². The summed E-state index contributed by atoms with van der Waals surface area (Å²) >= 11 is 0. The first-order chi connectivity index (χ1) is 12.6. The van der Waals surface area contributed by atoms with E-state index in [-0.39, 0.29) is 5.91 Å². The number of hydrogen-bond donors (Lipinski definition) is 1. The molecule has 2 aliphatic rings. The minimum Gasteiger partial charge on any atom is -0.493 e. The van der Waals surface area contributed by atoms with Gasteiger partial charge in [-0.05, 0) is 24.1 Å². The second-order valence-corrected chi connectivity index (χ2v) is 6.96. The van der Waals surface area contributed by atoms with E-state index in [0.29, 0.717) is 6.04 Å². The molecule has 1 atom stereocenters. The van der Waals surface area contributed by atoms with Crippen LogP contribution in [0.25, 0.3) is 0 Å². The predicted octanol–water partition coefficient (Wildman–Crippen LogP) is 1.79. The number of nitrogens with zero attached hydrogens (tertiary/aromatic N) is 4. The molecule has 7 nitrogen and oxygen atoms in total. The molecule has 2 aromatic rings. The lowest BCUT2D eigenvalue weighted by atomic mass is 10.0. The minimum atomic E-state index is -0.0819. The second-order valence-electron chi connectivity index (χ2n) is 6.96. The molecule has 1 saturated heterocycles. The Balaban J connectivity index is 1.37. The molecule has 1 unspecified atom stereocenters. The Bertz CT molecular complexity index is 795. The summed E-state index contributed by atoms with van der Waals surface area (Å²) in [7, 11) is 0. The van der Waals surface area contributed by atoms with Gasteiger partial charge in [0, 0.05) is 45.6 Å². The number of ether oxygens (including phenoxy) is 1. The van der Waals surface area contributed by atoms with Crippen LogP contribution < -0.4 is 15.1 Å². The summed E-state index contributed by atoms with van der Waals surface area (Å²) in [5.74, 6) is 0.969. The fourth-order valence-corrected chi connectivity index (χ4v) is 3.69. The molecule has 1 aromatic carbocycles. The number of rotatable bonds is 4. The van der Waals surface area contributed by atoms with Crippen LogP contribution in [0.2, 0.25) is 0 Å². The van der Waals surface area contributed by atoms with Crippen molar-refractivity contribution in [2.75, 3.05) is 43.1 Å². The monoisotopic (exact) mass is 355 g/mol. The average Bonchev–Trinajstić information content (AvgIpc) is 3.29. The summed E-state index contributed by atoms with van der Waals surface area (Å²) in [5, 5.41) is 9.31. The first kappa shape index (κ1) is 16.9. The van der Waals surface area contributed by atoms with Crippen LogP contribution in [-0.4, -0.2) is 53.5 Å². The fraction of sp³-hybridized carbons (Fsp3) is 0.474. The van der Waals surface area contributed by atoms with Crippen molar-refractivity contribution < 1.29 is 9.53 Å². The highest BCUT2D eigenvalue weighted by Gasteiger charge is 2.24. The Morgan fingerprint density at radius 1 is 1.27 bits per heavy atom. The van der Waals surface area contributed by atoms with Crippen LogP contribution in [0.15, 0.2) is 30.6 Å². The number of fused-ring (bicyclic) bond motifs is 1. The van der Waals surface area contributed by atoms with Gasteiger partial charge in [-0.3, -0.25) is 14.7 Å². The van der Waals surface area contributed by atoms with E-state index in [0.717, 1.165) is 50.6 Å². The number of anilines is 1. The maximum atomic E-state index is 11.1. The molecular formula is C19H25N5O2. The number of hydrogen-bond acceptors (Lipinski definition) is 5. The number of carbonyl (C=O) groups excluding carboxylic acids is 1. The van der Waals surface area contributed by atoms with E-state index in [9.17, 15) is 4.79 Å². The largest absolute Gasteiger partial charge is 0.493 e. The van der Waals surface area contributed by atoms with Crippen molar-refractivity contribution in [1.82, 2.24) is 14.8 Å². The molecule has 2 aliphatic heterocycles. The number of aromatic nitrogens is 2. The van der Waals surface area contributed by atoms with Gasteiger partial charge in [-0.2, -0.15) is 9.89 Å². The number of nitrogens with one attached hydrogen (secondary N) is 1. The van der Waals surface area contributed by atoms with E-state index in [1.807, 2.05) is 11.0 Å². The van der Waals surface area contributed by atoms with Gasteiger partial charge in [0.25, 0.3) is 0 Å². The van der Waals surface area contributed by atoms with Crippen LogP contribution in [0.3, 0.4) is 0 Å². The first-order valence-electron chi connectivity index (χ1n) is 9.17. The third-order valence-corrected chi connectivity index (χ3v) is 5.22. The number of amides is 1. The zero-order valence-corrected chi connectivity index (χ0v) is 15.3. The number of benzene rings is 1. The summed E-state index contributed by atoms with van der Waals surface area (Å²) in [5.41, 5.74) is 3.36. The zero-order chi connectivity index (χ0) is 18.1. The van der Waals surface area contributed by atoms with E-state index >= 15 is 0 Å². The zero-order valence-electron chi connectivity index (χ0n) is 15.3. The van der Waals surface area contributed by atoms with Gasteiger partial charge in [-0.15, -0.1) is 0 Å². The van der Waals surface area contributed by atoms with Crippen LogP contribution in [0, 0.1) is 0 Å². The maximum Gasteiger partial charge on any atom is 0.221 e. The third-order valence-electron chi connectivity index (χ3n) is 5.22. The highest BCUT2D eigenvalue weighted by Crippen LogP contribution is 2.30. The third kappa shape index (κ3) is 3.39. The molecule has 1 N–H and O–H groups in total. The first-order valence-corrected chi connectivity index (χ1v) is 9.17. The number of piperazine rings is 1. The van der Waals surface area contributed by atoms with Crippen molar-refractivity contribution in [1.29, 1.82) is 0 Å². The van der Waals surface area contributed by atoms with Gasteiger partial charge >= 0.3 is 0 Å². The average molecular weight is 355 g/mol. The summed E-state index contributed by atoms with van der Waals surface area (Å²) in [6.07, 6.45) is 4.56. The van der Waals surface area contributed by atoms with Crippen LogP contribution >= 0.6 is 0 Å². The minimum absolute atomic E-state index is 0.0819. The molecule has 3 heterocycles. The van der Waals surface area contributed by atoms with Crippen molar-refractivity contribution in [3.63, 3.8) is 0 Å². The molecule has 0 bridgehead atoms. The Hall–Kier alpha value is -2.54. The fourth-order valence-electron chi connectivity index (χ4n) is 3.69. The van der Waals surface area contributed by atoms with Crippen molar-refractivity contribution in [3.05, 3.63) is 41.7 Å². The van der Waals surface area contributed by atoms with Crippen LogP contribution in [-0.2, 0) is 11.2 Å². The molecule has 4 rings (SSSR count). The van der Waals surface area contributed by atoms with Gasteiger partial charge in [0.15, 0.2) is 0 Å². The summed E-state index contributed by atoms with van der Waals surface area (Å²) in [6.45, 7) is 8.29. The van der Waals surface area contributed by atoms with Gasteiger partial charge in [0.1, 0.15) is 5.75 Å². The highest BCUT2D eigenvalue weighted by atomic mass is 16.5. The van der Waals surface area contributed by atoms with E-state index in [2.05, 4.69) is 45.4 Å². The molecule has 138 valence electrons. The van der Waals surface area contributed by atoms with E-state index in [1.165, 1.54) is 18.1 Å². The molecule has 0 spiro atoms. The van der Waals surface area contributed by atoms with E-state index in [1.54, 1.807) is 6.20 Å². The highest BCUT2D eigenvalue weighted by molar-refractivity contribution is 5.88. The van der Waals surface area contributed by atoms with Gasteiger partial charge in [0.05, 0.1) is 24.7 Å². The van der Waals surface area contributed by atoms with Crippen molar-refractivity contribution >= 4 is 11.6 Å². The standard InChI is InChI=1S/C19H25N5O2/c1-14(17-4-3-16-5-10-26-19(16)11-17)22-6-8-23(9-7-22)24-13-18(12-20-24)21-15(2)25/h3-4,11-14H,5-10H2,1-2H3,(H,21,25). The van der Waals surface area contributed by atoms with Gasteiger partial charge in [-0.1, -0.05) is 12.1 Å². The van der Waals surface area contributed by atoms with Gasteiger partial charge in [-0.25, -0.2) is 0 Å². The SMILES string of the molecule is CC(=O)Nc1cnn(N2CCN(C(C)c3ccc4c(c3)OCC4)CC2)c1. The topological polar surface area (TPSA) is 62.6 Å².